The summed E-state index contributed by atoms with van der Waals surface area (Å²) >= 11 is 0. The van der Waals surface area contributed by atoms with E-state index in [2.05, 4.69) is 0 Å². The van der Waals surface area contributed by atoms with Gasteiger partial charge >= 0.3 is 12.1 Å². The maximum atomic E-state index is 13.5. The Morgan fingerprint density at radius 2 is 1.87 bits per heavy atom. The molecule has 1 aliphatic heterocycles. The highest BCUT2D eigenvalue weighted by atomic mass is 19.4. The number of hydrogen-bond acceptors (Lipinski definition) is 2. The van der Waals surface area contributed by atoms with Crippen molar-refractivity contribution < 1.29 is 36.6 Å². The number of rotatable bonds is 3. The Bertz CT molecular complexity index is 631. The molecule has 1 heterocycles. The number of likely N-dealkylation sites (tertiary alicyclic amines) is 1. The SMILES string of the molecule is O=C(O)[C@@H]1CN(C(=O)Cc2ccc(F)cc2F)C[C@H]1C(F)(F)F. The van der Waals surface area contributed by atoms with Crippen molar-refractivity contribution in [3.05, 3.63) is 35.4 Å². The van der Waals surface area contributed by atoms with E-state index in [1.807, 2.05) is 0 Å². The lowest BCUT2D eigenvalue weighted by atomic mass is 9.96. The summed E-state index contributed by atoms with van der Waals surface area (Å²) in [5.41, 5.74) is -0.168. The Kier molecular flexibility index (Phi) is 4.58. The Balaban J connectivity index is 2.13. The molecule has 1 fully saturated rings. The summed E-state index contributed by atoms with van der Waals surface area (Å²) in [5.74, 6) is -8.23. The average Bonchev–Trinajstić information content (AvgIpc) is 2.87. The molecule has 0 radical (unpaired) electrons. The van der Waals surface area contributed by atoms with E-state index in [9.17, 15) is 31.5 Å². The Morgan fingerprint density at radius 1 is 1.22 bits per heavy atom. The molecule has 126 valence electrons. The molecule has 0 bridgehead atoms. The van der Waals surface area contributed by atoms with Gasteiger partial charge in [0, 0.05) is 19.2 Å². The van der Waals surface area contributed by atoms with Gasteiger partial charge in [0.1, 0.15) is 11.6 Å². The van der Waals surface area contributed by atoms with Gasteiger partial charge in [-0.3, -0.25) is 9.59 Å². The second-order valence-electron chi connectivity index (χ2n) is 5.30. The summed E-state index contributed by atoms with van der Waals surface area (Å²) in [6, 6.07) is 2.51. The first-order chi connectivity index (χ1) is 10.6. The number of carbonyl (C=O) groups excluding carboxylic acids is 1. The highest BCUT2D eigenvalue weighted by Gasteiger charge is 2.53. The lowest BCUT2D eigenvalue weighted by Crippen LogP contribution is -2.34. The summed E-state index contributed by atoms with van der Waals surface area (Å²) in [7, 11) is 0. The molecule has 1 amide bonds. The van der Waals surface area contributed by atoms with E-state index in [0.717, 1.165) is 17.0 Å². The number of amides is 1. The van der Waals surface area contributed by atoms with Crippen molar-refractivity contribution in [2.45, 2.75) is 12.6 Å². The van der Waals surface area contributed by atoms with Crippen LogP contribution in [0.2, 0.25) is 0 Å². The van der Waals surface area contributed by atoms with Crippen molar-refractivity contribution in [1.29, 1.82) is 0 Å². The van der Waals surface area contributed by atoms with E-state index < -0.39 is 61.0 Å². The van der Waals surface area contributed by atoms with Crippen LogP contribution in [0.15, 0.2) is 18.2 Å². The maximum absolute atomic E-state index is 13.5. The minimum atomic E-state index is -4.75. The first-order valence-electron chi connectivity index (χ1n) is 6.61. The molecule has 23 heavy (non-hydrogen) atoms. The third-order valence-corrected chi connectivity index (χ3v) is 3.77. The fourth-order valence-corrected chi connectivity index (χ4v) is 2.53. The molecule has 2 atom stereocenters. The molecular weight excluding hydrogens is 325 g/mol. The van der Waals surface area contributed by atoms with Gasteiger partial charge in [-0.25, -0.2) is 8.78 Å². The van der Waals surface area contributed by atoms with Crippen LogP contribution in [0, 0.1) is 23.5 Å². The third kappa shape index (κ3) is 3.77. The fraction of sp³-hybridized carbons (Fsp3) is 0.429. The monoisotopic (exact) mass is 337 g/mol. The van der Waals surface area contributed by atoms with Crippen LogP contribution >= 0.6 is 0 Å². The normalized spacial score (nSPS) is 21.5. The van der Waals surface area contributed by atoms with Gasteiger partial charge in [0.2, 0.25) is 5.91 Å². The highest BCUT2D eigenvalue weighted by Crippen LogP contribution is 2.37. The molecule has 1 aromatic carbocycles. The molecule has 1 saturated heterocycles. The largest absolute Gasteiger partial charge is 0.481 e. The smallest absolute Gasteiger partial charge is 0.394 e. The van der Waals surface area contributed by atoms with Crippen LogP contribution in [0.3, 0.4) is 0 Å². The number of carbonyl (C=O) groups is 2. The van der Waals surface area contributed by atoms with Gasteiger partial charge in [0.05, 0.1) is 18.3 Å². The molecule has 2 rings (SSSR count). The zero-order chi connectivity index (χ0) is 17.4. The summed E-state index contributed by atoms with van der Waals surface area (Å²) < 4.78 is 64.8. The van der Waals surface area contributed by atoms with Crippen LogP contribution in [0.4, 0.5) is 22.0 Å². The number of benzene rings is 1. The topological polar surface area (TPSA) is 57.6 Å². The number of alkyl halides is 3. The number of aliphatic carboxylic acids is 1. The van der Waals surface area contributed by atoms with E-state index in [4.69, 9.17) is 5.11 Å². The van der Waals surface area contributed by atoms with Crippen molar-refractivity contribution in [2.75, 3.05) is 13.1 Å². The van der Waals surface area contributed by atoms with Crippen LogP contribution in [-0.4, -0.2) is 41.1 Å². The molecule has 0 unspecified atom stereocenters. The first-order valence-corrected chi connectivity index (χ1v) is 6.61. The minimum Gasteiger partial charge on any atom is -0.481 e. The van der Waals surface area contributed by atoms with E-state index in [1.165, 1.54) is 0 Å². The van der Waals surface area contributed by atoms with Crippen LogP contribution < -0.4 is 0 Å². The zero-order valence-electron chi connectivity index (χ0n) is 11.6. The first kappa shape index (κ1) is 17.2. The molecule has 0 aromatic heterocycles. The predicted molar refractivity (Wildman–Crippen MR) is 67.3 cm³/mol. The second kappa shape index (κ2) is 6.13. The Labute approximate surface area is 127 Å². The quantitative estimate of drug-likeness (QED) is 0.861. The van der Waals surface area contributed by atoms with Crippen molar-refractivity contribution >= 4 is 11.9 Å². The van der Waals surface area contributed by atoms with E-state index in [1.54, 1.807) is 0 Å². The average molecular weight is 337 g/mol. The molecule has 1 aliphatic rings. The number of halogens is 5. The summed E-state index contributed by atoms with van der Waals surface area (Å²) in [6.45, 7) is -1.39. The van der Waals surface area contributed by atoms with E-state index in [-0.39, 0.29) is 5.56 Å². The molecular formula is C14H12F5NO3. The molecule has 4 nitrogen and oxygen atoms in total. The zero-order valence-corrected chi connectivity index (χ0v) is 11.6. The van der Waals surface area contributed by atoms with Crippen LogP contribution in [0.1, 0.15) is 5.56 Å². The number of carboxylic acids is 1. The lowest BCUT2D eigenvalue weighted by molar-refractivity contribution is -0.188. The van der Waals surface area contributed by atoms with Crippen molar-refractivity contribution in [2.24, 2.45) is 11.8 Å². The third-order valence-electron chi connectivity index (χ3n) is 3.77. The van der Waals surface area contributed by atoms with Crippen LogP contribution in [-0.2, 0) is 16.0 Å². The van der Waals surface area contributed by atoms with Crippen molar-refractivity contribution in [1.82, 2.24) is 4.90 Å². The lowest BCUT2D eigenvalue weighted by Gasteiger charge is -2.18. The Morgan fingerprint density at radius 3 is 2.35 bits per heavy atom. The van der Waals surface area contributed by atoms with Gasteiger partial charge in [-0.05, 0) is 11.6 Å². The minimum absolute atomic E-state index is 0.168. The van der Waals surface area contributed by atoms with Gasteiger partial charge in [-0.15, -0.1) is 0 Å². The van der Waals surface area contributed by atoms with Crippen LogP contribution in [0.5, 0.6) is 0 Å². The second-order valence-corrected chi connectivity index (χ2v) is 5.30. The number of hydrogen-bond donors (Lipinski definition) is 1. The van der Waals surface area contributed by atoms with Crippen molar-refractivity contribution in [3.63, 3.8) is 0 Å². The number of nitrogens with zero attached hydrogens (tertiary/aromatic N) is 1. The van der Waals surface area contributed by atoms with Crippen LogP contribution in [0.25, 0.3) is 0 Å². The van der Waals surface area contributed by atoms with E-state index >= 15 is 0 Å². The summed E-state index contributed by atoms with van der Waals surface area (Å²) in [4.78, 5) is 23.7. The molecule has 0 saturated carbocycles. The predicted octanol–water partition coefficient (Wildman–Crippen LogP) is 2.23. The molecule has 9 heteroatoms. The Hall–Kier alpha value is -2.19. The highest BCUT2D eigenvalue weighted by molar-refractivity contribution is 5.81. The van der Waals surface area contributed by atoms with E-state index in [0.29, 0.717) is 6.07 Å². The van der Waals surface area contributed by atoms with Gasteiger partial charge in [0.15, 0.2) is 0 Å². The molecule has 1 aromatic rings. The van der Waals surface area contributed by atoms with Crippen molar-refractivity contribution in [3.8, 4) is 0 Å². The molecule has 0 spiro atoms. The maximum Gasteiger partial charge on any atom is 0.394 e. The fourth-order valence-electron chi connectivity index (χ4n) is 2.53. The van der Waals surface area contributed by atoms with Gasteiger partial charge in [-0.1, -0.05) is 6.07 Å². The van der Waals surface area contributed by atoms with Gasteiger partial charge < -0.3 is 10.0 Å². The van der Waals surface area contributed by atoms with Gasteiger partial charge in [-0.2, -0.15) is 13.2 Å². The molecule has 1 N–H and O–H groups in total. The molecule has 0 aliphatic carbocycles. The van der Waals surface area contributed by atoms with Gasteiger partial charge in [0.25, 0.3) is 0 Å². The summed E-state index contributed by atoms with van der Waals surface area (Å²) in [6.07, 6.45) is -5.32. The number of carboxylic acid groups (broad SMARTS) is 1. The standard InChI is InChI=1S/C14H12F5NO3/c15-8-2-1-7(11(16)4-8)3-12(21)20-5-9(13(22)23)10(6-20)14(17,18)19/h1-2,4,9-10H,3,5-6H2,(H,22,23)/t9-,10-/m1/s1. The summed E-state index contributed by atoms with van der Waals surface area (Å²) in [5, 5.41) is 8.87.